The molecule has 4 rings (SSSR count). The van der Waals surface area contributed by atoms with Crippen LogP contribution >= 0.6 is 22.9 Å². The predicted molar refractivity (Wildman–Crippen MR) is 114 cm³/mol. The number of aromatic nitrogens is 2. The summed E-state index contributed by atoms with van der Waals surface area (Å²) in [6.07, 6.45) is 0. The molecule has 0 spiro atoms. The molecular formula is C21H18ClN3OS. The minimum absolute atomic E-state index is 0.222. The zero-order valence-electron chi connectivity index (χ0n) is 15.2. The molecule has 0 bridgehead atoms. The standard InChI is InChI=1S/C21H18ClN3OS/c1-12-4-6-14(7-5-12)17-13(2)27-20-18(17)19(23-21(22)24-20)25(3)15-8-10-16(26)11-9-15/h4-11,26H,1-3H3. The van der Waals surface area contributed by atoms with E-state index in [0.29, 0.717) is 0 Å². The van der Waals surface area contributed by atoms with Gasteiger partial charge in [-0.3, -0.25) is 0 Å². The van der Waals surface area contributed by atoms with Crippen molar-refractivity contribution in [2.75, 3.05) is 11.9 Å². The van der Waals surface area contributed by atoms with Crippen molar-refractivity contribution in [3.05, 3.63) is 64.3 Å². The first-order valence-electron chi connectivity index (χ1n) is 8.50. The Bertz CT molecular complexity index is 1120. The van der Waals surface area contributed by atoms with Gasteiger partial charge in [-0.2, -0.15) is 4.98 Å². The highest BCUT2D eigenvalue weighted by Gasteiger charge is 2.21. The number of phenols is 1. The number of nitrogens with zero attached hydrogens (tertiary/aromatic N) is 3. The summed E-state index contributed by atoms with van der Waals surface area (Å²) < 4.78 is 0. The highest BCUT2D eigenvalue weighted by Crippen LogP contribution is 2.43. The summed E-state index contributed by atoms with van der Waals surface area (Å²) in [6.45, 7) is 4.18. The highest BCUT2D eigenvalue weighted by atomic mass is 35.5. The molecule has 4 aromatic rings. The SMILES string of the molecule is Cc1ccc(-c2c(C)sc3nc(Cl)nc(N(C)c4ccc(O)cc4)c23)cc1. The molecule has 4 nitrogen and oxygen atoms in total. The van der Waals surface area contributed by atoms with Gasteiger partial charge in [-0.05, 0) is 55.3 Å². The van der Waals surface area contributed by atoms with E-state index in [9.17, 15) is 5.11 Å². The van der Waals surface area contributed by atoms with E-state index >= 15 is 0 Å². The van der Waals surface area contributed by atoms with Crippen LogP contribution in [0.2, 0.25) is 5.28 Å². The molecule has 0 aliphatic heterocycles. The third-order valence-corrected chi connectivity index (χ3v) is 5.74. The van der Waals surface area contributed by atoms with Gasteiger partial charge in [-0.25, -0.2) is 4.98 Å². The monoisotopic (exact) mass is 395 g/mol. The Balaban J connectivity index is 1.97. The first kappa shape index (κ1) is 17.8. The van der Waals surface area contributed by atoms with Crippen LogP contribution in [-0.2, 0) is 0 Å². The summed E-state index contributed by atoms with van der Waals surface area (Å²) in [6, 6.07) is 15.5. The zero-order chi connectivity index (χ0) is 19.1. The molecule has 0 fully saturated rings. The maximum Gasteiger partial charge on any atom is 0.225 e. The van der Waals surface area contributed by atoms with Crippen LogP contribution in [-0.4, -0.2) is 22.1 Å². The molecule has 0 radical (unpaired) electrons. The third-order valence-electron chi connectivity index (χ3n) is 4.58. The Morgan fingerprint density at radius 3 is 2.30 bits per heavy atom. The smallest absolute Gasteiger partial charge is 0.225 e. The Morgan fingerprint density at radius 2 is 1.63 bits per heavy atom. The third kappa shape index (κ3) is 3.24. The summed E-state index contributed by atoms with van der Waals surface area (Å²) in [5.41, 5.74) is 4.39. The van der Waals surface area contributed by atoms with Crippen LogP contribution in [0, 0.1) is 13.8 Å². The number of hydrogen-bond donors (Lipinski definition) is 1. The minimum atomic E-state index is 0.222. The molecule has 0 amide bonds. The van der Waals surface area contributed by atoms with Crippen molar-refractivity contribution in [3.63, 3.8) is 0 Å². The van der Waals surface area contributed by atoms with Crippen molar-refractivity contribution in [2.45, 2.75) is 13.8 Å². The summed E-state index contributed by atoms with van der Waals surface area (Å²) in [4.78, 5) is 13.0. The largest absolute Gasteiger partial charge is 0.508 e. The summed E-state index contributed by atoms with van der Waals surface area (Å²) in [5.74, 6) is 0.973. The molecular weight excluding hydrogens is 378 g/mol. The number of benzene rings is 2. The molecule has 0 atom stereocenters. The van der Waals surface area contributed by atoms with E-state index in [1.165, 1.54) is 10.4 Å². The molecule has 2 aromatic carbocycles. The first-order valence-corrected chi connectivity index (χ1v) is 9.70. The van der Waals surface area contributed by atoms with Gasteiger partial charge in [0.05, 0.1) is 5.39 Å². The molecule has 0 aliphatic carbocycles. The molecule has 0 aliphatic rings. The van der Waals surface area contributed by atoms with Crippen molar-refractivity contribution in [1.82, 2.24) is 9.97 Å². The number of hydrogen-bond acceptors (Lipinski definition) is 5. The number of thiophene rings is 1. The number of aryl methyl sites for hydroxylation is 2. The lowest BCUT2D eigenvalue weighted by Crippen LogP contribution is -2.12. The Morgan fingerprint density at radius 1 is 0.963 bits per heavy atom. The summed E-state index contributed by atoms with van der Waals surface area (Å²) >= 11 is 7.85. The molecule has 2 aromatic heterocycles. The maximum atomic E-state index is 9.58. The molecule has 136 valence electrons. The Hall–Kier alpha value is -2.63. The summed E-state index contributed by atoms with van der Waals surface area (Å²) in [7, 11) is 1.94. The van der Waals surface area contributed by atoms with Crippen LogP contribution in [0.1, 0.15) is 10.4 Å². The lowest BCUT2D eigenvalue weighted by Gasteiger charge is -2.20. The number of halogens is 1. The van der Waals surface area contributed by atoms with E-state index in [1.807, 2.05) is 24.1 Å². The van der Waals surface area contributed by atoms with Gasteiger partial charge in [0.2, 0.25) is 5.28 Å². The average Bonchev–Trinajstić information content (AvgIpc) is 2.97. The second kappa shape index (κ2) is 6.83. The van der Waals surface area contributed by atoms with Crippen LogP contribution in [0.15, 0.2) is 48.5 Å². The van der Waals surface area contributed by atoms with Crippen molar-refractivity contribution >= 4 is 44.7 Å². The van der Waals surface area contributed by atoms with E-state index in [2.05, 4.69) is 48.1 Å². The van der Waals surface area contributed by atoms with Gasteiger partial charge in [0, 0.05) is 23.2 Å². The van der Waals surface area contributed by atoms with E-state index in [0.717, 1.165) is 32.8 Å². The van der Waals surface area contributed by atoms with Crippen molar-refractivity contribution in [1.29, 1.82) is 0 Å². The van der Waals surface area contributed by atoms with Crippen molar-refractivity contribution in [2.24, 2.45) is 0 Å². The molecule has 0 unspecified atom stereocenters. The minimum Gasteiger partial charge on any atom is -0.508 e. The highest BCUT2D eigenvalue weighted by molar-refractivity contribution is 7.19. The molecule has 0 saturated heterocycles. The molecule has 1 N–H and O–H groups in total. The number of anilines is 2. The number of phenolic OH excluding ortho intramolecular Hbond substituents is 1. The fourth-order valence-corrected chi connectivity index (χ4v) is 4.43. The van der Waals surface area contributed by atoms with Crippen LogP contribution < -0.4 is 4.90 Å². The first-order chi connectivity index (χ1) is 12.9. The molecule has 6 heteroatoms. The topological polar surface area (TPSA) is 49.2 Å². The number of fused-ring (bicyclic) bond motifs is 1. The van der Waals surface area contributed by atoms with Gasteiger partial charge >= 0.3 is 0 Å². The number of rotatable bonds is 3. The van der Waals surface area contributed by atoms with E-state index in [1.54, 1.807) is 23.5 Å². The van der Waals surface area contributed by atoms with Gasteiger partial charge in [0.1, 0.15) is 16.4 Å². The van der Waals surface area contributed by atoms with Gasteiger partial charge in [-0.1, -0.05) is 29.8 Å². The van der Waals surface area contributed by atoms with E-state index in [-0.39, 0.29) is 11.0 Å². The van der Waals surface area contributed by atoms with Gasteiger partial charge in [-0.15, -0.1) is 11.3 Å². The van der Waals surface area contributed by atoms with Gasteiger partial charge in [0.15, 0.2) is 0 Å². The van der Waals surface area contributed by atoms with Gasteiger partial charge < -0.3 is 10.0 Å². The fraction of sp³-hybridized carbons (Fsp3) is 0.143. The molecule has 2 heterocycles. The van der Waals surface area contributed by atoms with Crippen molar-refractivity contribution < 1.29 is 5.11 Å². The second-order valence-electron chi connectivity index (χ2n) is 6.47. The average molecular weight is 396 g/mol. The lowest BCUT2D eigenvalue weighted by atomic mass is 10.0. The predicted octanol–water partition coefficient (Wildman–Crippen LogP) is 6.10. The Labute approximate surface area is 166 Å². The van der Waals surface area contributed by atoms with Crippen LogP contribution in [0.25, 0.3) is 21.3 Å². The van der Waals surface area contributed by atoms with Crippen molar-refractivity contribution in [3.8, 4) is 16.9 Å². The fourth-order valence-electron chi connectivity index (χ4n) is 3.18. The number of aromatic hydroxyl groups is 1. The maximum absolute atomic E-state index is 9.58. The Kier molecular flexibility index (Phi) is 4.50. The quantitative estimate of drug-likeness (QED) is 0.425. The van der Waals surface area contributed by atoms with Crippen LogP contribution in [0.5, 0.6) is 5.75 Å². The summed E-state index contributed by atoms with van der Waals surface area (Å²) in [5, 5.41) is 10.8. The molecule has 27 heavy (non-hydrogen) atoms. The van der Waals surface area contributed by atoms with E-state index in [4.69, 9.17) is 11.6 Å². The van der Waals surface area contributed by atoms with E-state index < -0.39 is 0 Å². The molecule has 0 saturated carbocycles. The van der Waals surface area contributed by atoms with Crippen LogP contribution in [0.4, 0.5) is 11.5 Å². The second-order valence-corrected chi connectivity index (χ2v) is 8.01. The zero-order valence-corrected chi connectivity index (χ0v) is 16.8. The van der Waals surface area contributed by atoms with Gasteiger partial charge in [0.25, 0.3) is 0 Å². The van der Waals surface area contributed by atoms with Crippen LogP contribution in [0.3, 0.4) is 0 Å². The lowest BCUT2D eigenvalue weighted by molar-refractivity contribution is 0.475. The normalized spacial score (nSPS) is 11.1.